The summed E-state index contributed by atoms with van der Waals surface area (Å²) in [6, 6.07) is 0. The van der Waals surface area contributed by atoms with E-state index in [1.54, 1.807) is 19.1 Å². The van der Waals surface area contributed by atoms with Crippen molar-refractivity contribution >= 4 is 5.91 Å². The van der Waals surface area contributed by atoms with E-state index in [0.717, 1.165) is 43.8 Å². The molecule has 1 atom stereocenters. The monoisotopic (exact) mass is 403 g/mol. The number of aliphatic hydroxyl groups is 1. The predicted molar refractivity (Wildman–Crippen MR) is 98.7 cm³/mol. The van der Waals surface area contributed by atoms with Gasteiger partial charge in [0.1, 0.15) is 0 Å². The lowest BCUT2D eigenvalue weighted by Gasteiger charge is -2.36. The van der Waals surface area contributed by atoms with Crippen molar-refractivity contribution in [2.75, 3.05) is 33.0 Å². The minimum Gasteiger partial charge on any atom is -0.394 e. The van der Waals surface area contributed by atoms with E-state index >= 15 is 0 Å². The first-order chi connectivity index (χ1) is 13.3. The fourth-order valence-corrected chi connectivity index (χ4v) is 3.34. The smallest absolute Gasteiger partial charge is 0.394 e. The normalized spacial score (nSPS) is 24.8. The Kier molecular flexibility index (Phi) is 8.27. The summed E-state index contributed by atoms with van der Waals surface area (Å²) < 4.78 is 51.9. The molecule has 5 nitrogen and oxygen atoms in total. The molecule has 2 rings (SSSR count). The third-order valence-electron chi connectivity index (χ3n) is 4.91. The first-order valence-electron chi connectivity index (χ1n) is 9.59. The standard InChI is InChI=1S/C20H28F3NO4/c1-2-16-14-28-19(20(21,22)23,18(26)24-8-10-27-11-9-25)13-17(16)12-15-6-4-3-5-7-15/h2,12-13,25H,3-11,14H2,1H3,(H,24,26)/b16-2+. The Morgan fingerprint density at radius 3 is 2.64 bits per heavy atom. The highest BCUT2D eigenvalue weighted by atomic mass is 19.4. The molecule has 0 spiro atoms. The minimum atomic E-state index is -4.90. The van der Waals surface area contributed by atoms with Gasteiger partial charge in [0.05, 0.1) is 26.4 Å². The van der Waals surface area contributed by atoms with Crippen molar-refractivity contribution in [1.29, 1.82) is 0 Å². The minimum absolute atomic E-state index is 0.000965. The van der Waals surface area contributed by atoms with Crippen molar-refractivity contribution in [1.82, 2.24) is 5.32 Å². The van der Waals surface area contributed by atoms with Gasteiger partial charge in [0, 0.05) is 6.54 Å². The lowest BCUT2D eigenvalue weighted by molar-refractivity contribution is -0.249. The Morgan fingerprint density at radius 2 is 2.04 bits per heavy atom. The van der Waals surface area contributed by atoms with Gasteiger partial charge in [-0.1, -0.05) is 24.1 Å². The summed E-state index contributed by atoms with van der Waals surface area (Å²) in [5.74, 6) is -1.26. The summed E-state index contributed by atoms with van der Waals surface area (Å²) >= 11 is 0. The van der Waals surface area contributed by atoms with Crippen molar-refractivity contribution in [2.45, 2.75) is 50.8 Å². The molecule has 2 aliphatic rings. The van der Waals surface area contributed by atoms with Crippen LogP contribution in [0.4, 0.5) is 13.2 Å². The second-order valence-corrected chi connectivity index (χ2v) is 6.89. The molecule has 1 unspecified atom stereocenters. The SMILES string of the molecule is C/C=C1\COC(C(=O)NCCOCCO)(C(F)(F)F)C=C1C=C1CCCCC1. The predicted octanol–water partition coefficient (Wildman–Crippen LogP) is 3.21. The molecule has 0 saturated heterocycles. The average molecular weight is 403 g/mol. The van der Waals surface area contributed by atoms with E-state index in [1.165, 1.54) is 0 Å². The number of ether oxygens (including phenoxy) is 2. The molecule has 1 aliphatic carbocycles. The van der Waals surface area contributed by atoms with Gasteiger partial charge in [0.25, 0.3) is 11.5 Å². The maximum absolute atomic E-state index is 13.9. The maximum Gasteiger partial charge on any atom is 0.430 e. The van der Waals surface area contributed by atoms with E-state index in [0.29, 0.717) is 11.1 Å². The van der Waals surface area contributed by atoms with Gasteiger partial charge in [0.2, 0.25) is 0 Å². The van der Waals surface area contributed by atoms with Gasteiger partial charge >= 0.3 is 6.18 Å². The van der Waals surface area contributed by atoms with E-state index in [9.17, 15) is 18.0 Å². The van der Waals surface area contributed by atoms with Crippen molar-refractivity contribution in [3.63, 3.8) is 0 Å². The summed E-state index contributed by atoms with van der Waals surface area (Å²) in [4.78, 5) is 12.5. The second kappa shape index (κ2) is 10.2. The molecule has 0 radical (unpaired) electrons. The Morgan fingerprint density at radius 1 is 1.32 bits per heavy atom. The lowest BCUT2D eigenvalue weighted by Crippen LogP contribution is -2.59. The van der Waals surface area contributed by atoms with Gasteiger partial charge in [-0.25, -0.2) is 0 Å². The Balaban J connectivity index is 2.28. The number of carbonyl (C=O) groups excluding carboxylic acids is 1. The molecule has 2 N–H and O–H groups in total. The zero-order valence-electron chi connectivity index (χ0n) is 16.1. The van der Waals surface area contributed by atoms with Gasteiger partial charge < -0.3 is 19.9 Å². The van der Waals surface area contributed by atoms with Crippen molar-refractivity contribution in [2.24, 2.45) is 0 Å². The summed E-state index contributed by atoms with van der Waals surface area (Å²) in [7, 11) is 0. The maximum atomic E-state index is 13.9. The van der Waals surface area contributed by atoms with E-state index in [2.05, 4.69) is 5.32 Å². The first-order valence-corrected chi connectivity index (χ1v) is 9.59. The number of amides is 1. The van der Waals surface area contributed by atoms with E-state index in [-0.39, 0.29) is 33.0 Å². The summed E-state index contributed by atoms with van der Waals surface area (Å²) in [5.41, 5.74) is -0.892. The van der Waals surface area contributed by atoms with Gasteiger partial charge in [-0.05, 0) is 49.8 Å². The van der Waals surface area contributed by atoms with Crippen molar-refractivity contribution < 1.29 is 32.5 Å². The van der Waals surface area contributed by atoms with Crippen LogP contribution in [0.3, 0.4) is 0 Å². The molecule has 1 amide bonds. The molecule has 0 aromatic carbocycles. The number of alkyl halides is 3. The van der Waals surface area contributed by atoms with Crippen LogP contribution in [-0.2, 0) is 14.3 Å². The highest BCUT2D eigenvalue weighted by Gasteiger charge is 2.61. The van der Waals surface area contributed by atoms with Crippen LogP contribution in [0.15, 0.2) is 34.9 Å². The molecule has 0 aromatic rings. The van der Waals surface area contributed by atoms with Crippen LogP contribution in [0.1, 0.15) is 39.0 Å². The number of hydrogen-bond donors (Lipinski definition) is 2. The van der Waals surface area contributed by atoms with Gasteiger partial charge in [-0.15, -0.1) is 0 Å². The fourth-order valence-electron chi connectivity index (χ4n) is 3.34. The van der Waals surface area contributed by atoms with Crippen molar-refractivity contribution in [3.8, 4) is 0 Å². The zero-order chi connectivity index (χ0) is 20.6. The summed E-state index contributed by atoms with van der Waals surface area (Å²) in [5, 5.41) is 10.9. The van der Waals surface area contributed by atoms with Crippen LogP contribution in [0, 0.1) is 0 Å². The average Bonchev–Trinajstić information content (AvgIpc) is 2.67. The molecule has 1 heterocycles. The van der Waals surface area contributed by atoms with Crippen LogP contribution in [0.25, 0.3) is 0 Å². The molecule has 1 saturated carbocycles. The molecular formula is C20H28F3NO4. The van der Waals surface area contributed by atoms with Gasteiger partial charge in [-0.2, -0.15) is 13.2 Å². The van der Waals surface area contributed by atoms with Crippen LogP contribution >= 0.6 is 0 Å². The number of allylic oxidation sites excluding steroid dienone is 3. The quantitative estimate of drug-likeness (QED) is 0.641. The number of rotatable bonds is 7. The summed E-state index contributed by atoms with van der Waals surface area (Å²) in [6.45, 7) is 1.20. The zero-order valence-corrected chi connectivity index (χ0v) is 16.1. The highest BCUT2D eigenvalue weighted by molar-refractivity contribution is 5.89. The van der Waals surface area contributed by atoms with Crippen LogP contribution < -0.4 is 5.32 Å². The lowest BCUT2D eigenvalue weighted by atomic mass is 9.87. The van der Waals surface area contributed by atoms with E-state index in [4.69, 9.17) is 14.6 Å². The third-order valence-corrected chi connectivity index (χ3v) is 4.91. The fraction of sp³-hybridized carbons (Fsp3) is 0.650. The van der Waals surface area contributed by atoms with Crippen LogP contribution in [0.2, 0.25) is 0 Å². The molecular weight excluding hydrogens is 375 g/mol. The molecule has 8 heteroatoms. The molecule has 0 aromatic heterocycles. The topological polar surface area (TPSA) is 67.8 Å². The Bertz CT molecular complexity index is 632. The van der Waals surface area contributed by atoms with Gasteiger partial charge in [0.15, 0.2) is 0 Å². The Hall–Kier alpha value is -1.64. The highest BCUT2D eigenvalue weighted by Crippen LogP contribution is 2.41. The number of aliphatic hydroxyl groups excluding tert-OH is 1. The molecule has 0 bridgehead atoms. The second-order valence-electron chi connectivity index (χ2n) is 6.89. The van der Waals surface area contributed by atoms with Crippen molar-refractivity contribution in [3.05, 3.63) is 34.9 Å². The Labute approximate surface area is 163 Å². The number of carbonyl (C=O) groups is 1. The first kappa shape index (κ1) is 22.6. The molecule has 158 valence electrons. The summed E-state index contributed by atoms with van der Waals surface area (Å²) in [6.07, 6.45) is 4.41. The molecule has 28 heavy (non-hydrogen) atoms. The molecule has 1 fully saturated rings. The molecule has 1 aliphatic heterocycles. The van der Waals surface area contributed by atoms with Gasteiger partial charge in [-0.3, -0.25) is 4.79 Å². The number of nitrogens with one attached hydrogen (secondary N) is 1. The largest absolute Gasteiger partial charge is 0.430 e. The van der Waals surface area contributed by atoms with E-state index in [1.807, 2.05) is 0 Å². The third kappa shape index (κ3) is 5.46. The van der Waals surface area contributed by atoms with Crippen LogP contribution in [0.5, 0.6) is 0 Å². The number of halogens is 3. The van der Waals surface area contributed by atoms with E-state index < -0.39 is 17.7 Å². The number of hydrogen-bond acceptors (Lipinski definition) is 4. The van der Waals surface area contributed by atoms with Crippen LogP contribution in [-0.4, -0.2) is 55.8 Å².